The molecule has 9 aromatic heterocycles. The van der Waals surface area contributed by atoms with Crippen LogP contribution >= 0.6 is 0 Å². The van der Waals surface area contributed by atoms with E-state index in [2.05, 4.69) is 44.9 Å². The van der Waals surface area contributed by atoms with Crippen molar-refractivity contribution >= 4 is 0 Å². The predicted molar refractivity (Wildman–Crippen MR) is 421 cm³/mol. The van der Waals surface area contributed by atoms with Crippen LogP contribution in [-0.4, -0.2) is 70.4 Å². The summed E-state index contributed by atoms with van der Waals surface area (Å²) in [6.45, 7) is 58.0. The fraction of sp³-hybridized carbons (Fsp3) is 0.464. The minimum absolute atomic E-state index is 0.00287. The van der Waals surface area contributed by atoms with E-state index in [1.54, 1.807) is 69.8 Å². The highest BCUT2D eigenvalue weighted by atomic mass is 16.3. The second-order valence-electron chi connectivity index (χ2n) is 28.4. The monoisotopic (exact) mass is 1410 g/mol. The third-order valence-corrected chi connectivity index (χ3v) is 15.8. The number of pyridine rings is 9. The number of aromatic nitrogens is 9. The Morgan fingerprint density at radius 2 is 0.765 bits per heavy atom. The van der Waals surface area contributed by atoms with Gasteiger partial charge in [0.2, 0.25) is 5.88 Å². The van der Waals surface area contributed by atoms with E-state index >= 15 is 0 Å². The molecule has 0 atom stereocenters. The second kappa shape index (κ2) is 43.4. The lowest BCUT2D eigenvalue weighted by Gasteiger charge is -2.09. The molecule has 0 radical (unpaired) electrons. The van der Waals surface area contributed by atoms with Crippen molar-refractivity contribution in [2.24, 2.45) is 0 Å². The number of nitrogens with zero attached hydrogens (tertiary/aromatic N) is 5. The van der Waals surface area contributed by atoms with Gasteiger partial charge in [0.05, 0.1) is 22.6 Å². The average molecular weight is 1410 g/mol. The molecule has 18 nitrogen and oxygen atoms in total. The molecule has 0 aliphatic rings. The van der Waals surface area contributed by atoms with Crippen LogP contribution in [0.25, 0.3) is 0 Å². The Bertz CT molecular complexity index is 4300. The van der Waals surface area contributed by atoms with Crippen molar-refractivity contribution in [2.45, 2.75) is 261 Å². The number of hydrogen-bond donors (Lipinski definition) is 9. The number of aromatic hydroxyl groups is 5. The number of H-pyrrole nitrogens is 4. The zero-order chi connectivity index (χ0) is 82.0. The lowest BCUT2D eigenvalue weighted by atomic mass is 10.0. The van der Waals surface area contributed by atoms with Crippen LogP contribution in [0.4, 0.5) is 0 Å². The molecule has 0 saturated heterocycles. The molecule has 0 saturated carbocycles. The highest BCUT2D eigenvalue weighted by molar-refractivity contribution is 5.37. The Labute approximate surface area is 613 Å². The third-order valence-electron chi connectivity index (χ3n) is 15.8. The van der Waals surface area contributed by atoms with Crippen molar-refractivity contribution < 1.29 is 31.0 Å². The maximum atomic E-state index is 11.4. The number of hydrogen-bond acceptors (Lipinski definition) is 14. The van der Waals surface area contributed by atoms with Crippen LogP contribution in [0.2, 0.25) is 0 Å². The van der Waals surface area contributed by atoms with Crippen LogP contribution in [0.15, 0.2) is 111 Å². The molecule has 9 rings (SSSR count). The number of rotatable bonds is 9. The predicted octanol–water partition coefficient (Wildman–Crippen LogP) is 19.2. The van der Waals surface area contributed by atoms with Crippen molar-refractivity contribution in [3.63, 3.8) is 0 Å². The van der Waals surface area contributed by atoms with Crippen LogP contribution in [-0.2, 0) is 0 Å². The van der Waals surface area contributed by atoms with Gasteiger partial charge >= 0.3 is 0 Å². The Kier molecular flexibility index (Phi) is 35.4. The first-order chi connectivity index (χ1) is 48.9. The lowest BCUT2D eigenvalue weighted by molar-refractivity contribution is 0.441. The summed E-state index contributed by atoms with van der Waals surface area (Å²) in [5.74, 6) is 2.64. The fourth-order valence-corrected chi connectivity index (χ4v) is 9.28. The molecule has 558 valence electrons. The SMILES string of the molecule is Cc1cc(=O)c(C(C)C)c[nH]1.Cc1cc(=O)c(C(C)C)c[nH]1.Cc1cc(C(C)C)c(=O)[nH]c1C.Cc1ccc(C(C)C)c(=O)[nH]1.Cc1cnc(C(C)C)c(O)c1.Cc1cnc(C(C)C)c(O)c1.[2H]c1c(C)c(C)nc(C(C)C)c1O.[2H]c1c(C)c(C)nc(O)c1C(C)C.[2H]c1nc(C)c([2H])c(O)c1C(C)C. The zero-order valence-electron chi connectivity index (χ0n) is 70.7. The topological polar surface area (TPSA) is 297 Å². The lowest BCUT2D eigenvalue weighted by Crippen LogP contribution is -2.15. The van der Waals surface area contributed by atoms with Crippen LogP contribution in [0.1, 0.15) is 302 Å². The van der Waals surface area contributed by atoms with Crippen molar-refractivity contribution in [2.75, 3.05) is 0 Å². The van der Waals surface area contributed by atoms with Crippen molar-refractivity contribution in [3.05, 3.63) is 251 Å². The van der Waals surface area contributed by atoms with Gasteiger partial charge in [0, 0.05) is 122 Å². The molecule has 0 aliphatic carbocycles. The standard InChI is InChI=1S/3C10H15NO.6C9H13NO/c1-6(2)10-9(12)5-7(3)8(4)11-10;2*1-6(2)9-5-7(3)8(4)11-10(9)12;3*1-6(2)8-5-10-7(3)4-9(8)11;2*1-6(2)9-8(11)4-7(3)5-10-9;1-6(2)8-5-4-7(3)10-9(8)11/h5-6,12H,1-4H3;2*5-6H,1-4H3,(H,11,12);3*4-6H,1-3H3,(H,10,11);2*4-6,11H,1-3H3;4-6H,1-3H3,(H,10,11)/i2*5D;;4D,5D;;;;;. The van der Waals surface area contributed by atoms with Crippen molar-refractivity contribution in [3.8, 4) is 28.9 Å². The van der Waals surface area contributed by atoms with Crippen molar-refractivity contribution in [1.29, 1.82) is 0 Å². The quantitative estimate of drug-likeness (QED) is 0.0649. The van der Waals surface area contributed by atoms with Gasteiger partial charge in [-0.2, -0.15) is 0 Å². The molecule has 0 spiro atoms. The number of nitrogens with one attached hydrogen (secondary N) is 4. The van der Waals surface area contributed by atoms with Gasteiger partial charge in [-0.05, 0) is 201 Å². The highest BCUT2D eigenvalue weighted by Crippen LogP contribution is 2.28. The van der Waals surface area contributed by atoms with Crippen molar-refractivity contribution in [1.82, 2.24) is 44.9 Å². The second-order valence-corrected chi connectivity index (χ2v) is 28.4. The highest BCUT2D eigenvalue weighted by Gasteiger charge is 2.13. The number of aromatic amines is 4. The molecule has 9 aromatic rings. The van der Waals surface area contributed by atoms with Gasteiger partial charge in [0.15, 0.2) is 10.9 Å². The van der Waals surface area contributed by atoms with Gasteiger partial charge in [-0.15, -0.1) is 0 Å². The van der Waals surface area contributed by atoms with Crippen LogP contribution in [0.5, 0.6) is 28.9 Å². The zero-order valence-corrected chi connectivity index (χ0v) is 66.7. The maximum Gasteiger partial charge on any atom is 0.251 e. The minimum atomic E-state index is -0.104. The van der Waals surface area contributed by atoms with Crippen LogP contribution in [0.3, 0.4) is 0 Å². The summed E-state index contributed by atoms with van der Waals surface area (Å²) < 4.78 is 30.4. The van der Waals surface area contributed by atoms with E-state index in [-0.39, 0.29) is 87.2 Å². The van der Waals surface area contributed by atoms with E-state index in [0.717, 1.165) is 95.6 Å². The third kappa shape index (κ3) is 31.2. The molecule has 9 N–H and O–H groups in total. The molecule has 0 fully saturated rings. The summed E-state index contributed by atoms with van der Waals surface area (Å²) in [5.41, 5.74) is 17.5. The summed E-state index contributed by atoms with van der Waals surface area (Å²) in [7, 11) is 0. The molecule has 0 bridgehead atoms. The van der Waals surface area contributed by atoms with Gasteiger partial charge in [-0.25, -0.2) is 4.98 Å². The van der Waals surface area contributed by atoms with Crippen LogP contribution < -0.4 is 22.0 Å². The normalized spacial score (nSPS) is 11.2. The van der Waals surface area contributed by atoms with Gasteiger partial charge < -0.3 is 45.5 Å². The molecular weight excluding hydrogens is 1280 g/mol. The van der Waals surface area contributed by atoms with E-state index in [9.17, 15) is 44.7 Å². The Balaban J connectivity index is 0.000000597. The molecule has 102 heavy (non-hydrogen) atoms. The van der Waals surface area contributed by atoms with Crippen LogP contribution in [0, 0.1) is 83.1 Å². The summed E-state index contributed by atoms with van der Waals surface area (Å²) in [6, 6.07) is 13.2. The van der Waals surface area contributed by atoms with E-state index in [1.807, 2.05) is 205 Å². The first-order valence-corrected chi connectivity index (χ1v) is 35.0. The Hall–Kier alpha value is -9.45. The molecule has 9 heterocycles. The minimum Gasteiger partial charge on any atom is -0.508 e. The summed E-state index contributed by atoms with van der Waals surface area (Å²) in [4.78, 5) is 77.2. The van der Waals surface area contributed by atoms with Gasteiger partial charge in [-0.1, -0.05) is 131 Å². The van der Waals surface area contributed by atoms with Gasteiger partial charge in [0.25, 0.3) is 11.1 Å². The van der Waals surface area contributed by atoms with E-state index in [0.29, 0.717) is 63.7 Å². The molecular formula is C84H123N9O9. The molecule has 0 unspecified atom stereocenters. The van der Waals surface area contributed by atoms with Gasteiger partial charge in [-0.3, -0.25) is 39.1 Å². The van der Waals surface area contributed by atoms with E-state index in [4.69, 9.17) is 5.48 Å². The molecule has 18 heteroatoms. The summed E-state index contributed by atoms with van der Waals surface area (Å²) in [5, 5.41) is 47.5. The Morgan fingerprint density at radius 3 is 1.15 bits per heavy atom. The first kappa shape index (κ1) is 83.2. The molecule has 0 aromatic carbocycles. The molecule has 0 aliphatic heterocycles. The number of aryl methyl sites for hydroxylation is 10. The average Bonchev–Trinajstić information content (AvgIpc) is 0.819. The largest absolute Gasteiger partial charge is 0.508 e. The summed E-state index contributed by atoms with van der Waals surface area (Å²) >= 11 is 0. The van der Waals surface area contributed by atoms with E-state index < -0.39 is 0 Å². The summed E-state index contributed by atoms with van der Waals surface area (Å²) in [6.07, 6.45) is 7.20. The van der Waals surface area contributed by atoms with Gasteiger partial charge in [0.1, 0.15) is 23.0 Å². The maximum absolute atomic E-state index is 11.4. The molecule has 0 amide bonds. The smallest absolute Gasteiger partial charge is 0.251 e. The first-order valence-electron chi connectivity index (χ1n) is 37.0. The Morgan fingerprint density at radius 1 is 0.363 bits per heavy atom. The fourth-order valence-electron chi connectivity index (χ4n) is 9.28. The van der Waals surface area contributed by atoms with E-state index in [1.165, 1.54) is 0 Å².